The van der Waals surface area contributed by atoms with Crippen molar-refractivity contribution in [2.45, 2.75) is 5.41 Å². The first-order chi connectivity index (χ1) is 22.3. The SMILES string of the molecule is c1ccc(-c2cccc3c2oc2c(Nc4cccc5c4-c4ccccc4C54c5ccccc5-c5ccccc54)cccc23)cc1. The van der Waals surface area contributed by atoms with Crippen LogP contribution in [0.5, 0.6) is 0 Å². The zero-order valence-electron chi connectivity index (χ0n) is 24.4. The Morgan fingerprint density at radius 1 is 0.378 bits per heavy atom. The standard InChI is InChI=1S/C43H27NO/c1-2-13-27(14-3-1)28-18-10-19-31-32-20-11-26-39(42(32)45-41(28)31)44-38-25-12-24-37-40(38)33-17-6-9-23-36(33)43(37)34-21-7-4-15-29(34)30-16-5-8-22-35(30)43/h1-26,44H. The van der Waals surface area contributed by atoms with Gasteiger partial charge in [-0.15, -0.1) is 0 Å². The van der Waals surface area contributed by atoms with E-state index in [9.17, 15) is 0 Å². The highest BCUT2D eigenvalue weighted by Crippen LogP contribution is 2.63. The van der Waals surface area contributed by atoms with Crippen molar-refractivity contribution in [2.24, 2.45) is 0 Å². The maximum Gasteiger partial charge on any atom is 0.158 e. The summed E-state index contributed by atoms with van der Waals surface area (Å²) < 4.78 is 6.75. The first kappa shape index (κ1) is 24.6. The lowest BCUT2D eigenvalue weighted by Crippen LogP contribution is -2.25. The van der Waals surface area contributed by atoms with Crippen LogP contribution >= 0.6 is 0 Å². The molecule has 0 atom stereocenters. The topological polar surface area (TPSA) is 25.2 Å². The molecule has 2 aliphatic carbocycles. The molecule has 0 amide bonds. The Labute approximate surface area is 261 Å². The highest BCUT2D eigenvalue weighted by molar-refractivity contribution is 6.13. The van der Waals surface area contributed by atoms with Crippen LogP contribution in [0.3, 0.4) is 0 Å². The lowest BCUT2D eigenvalue weighted by molar-refractivity contribution is 0.671. The molecule has 0 saturated heterocycles. The summed E-state index contributed by atoms with van der Waals surface area (Å²) in [5.41, 5.74) is 16.2. The number of hydrogen-bond acceptors (Lipinski definition) is 2. The van der Waals surface area contributed by atoms with Crippen LogP contribution in [0.4, 0.5) is 11.4 Å². The maximum absolute atomic E-state index is 6.75. The molecule has 2 aliphatic rings. The number of nitrogens with one attached hydrogen (secondary N) is 1. The first-order valence-electron chi connectivity index (χ1n) is 15.5. The molecular formula is C43H27NO. The fraction of sp³-hybridized carbons (Fsp3) is 0.0233. The first-order valence-corrected chi connectivity index (χ1v) is 15.5. The van der Waals surface area contributed by atoms with Gasteiger partial charge >= 0.3 is 0 Å². The van der Waals surface area contributed by atoms with Gasteiger partial charge in [-0.2, -0.15) is 0 Å². The van der Waals surface area contributed by atoms with Crippen LogP contribution in [0.2, 0.25) is 0 Å². The summed E-state index contributed by atoms with van der Waals surface area (Å²) in [5.74, 6) is 0. The second-order valence-corrected chi connectivity index (χ2v) is 12.1. The van der Waals surface area contributed by atoms with Crippen LogP contribution < -0.4 is 5.32 Å². The Bertz CT molecular complexity index is 2420. The van der Waals surface area contributed by atoms with Crippen molar-refractivity contribution in [2.75, 3.05) is 5.32 Å². The normalized spacial score (nSPS) is 13.5. The molecule has 2 heteroatoms. The van der Waals surface area contributed by atoms with Gasteiger partial charge in [0.05, 0.1) is 11.1 Å². The number of anilines is 2. The summed E-state index contributed by atoms with van der Waals surface area (Å²) in [6, 6.07) is 56.9. The number of benzene rings is 7. The summed E-state index contributed by atoms with van der Waals surface area (Å²) in [4.78, 5) is 0. The average Bonchev–Trinajstić information content (AvgIpc) is 3.74. The Morgan fingerprint density at radius 2 is 0.889 bits per heavy atom. The molecule has 1 spiro atoms. The molecule has 8 aromatic rings. The molecule has 0 aliphatic heterocycles. The molecule has 45 heavy (non-hydrogen) atoms. The number of fused-ring (bicyclic) bond motifs is 13. The largest absolute Gasteiger partial charge is 0.453 e. The van der Waals surface area contributed by atoms with Crippen molar-refractivity contribution in [3.05, 3.63) is 180 Å². The Kier molecular flexibility index (Phi) is 4.95. The van der Waals surface area contributed by atoms with Gasteiger partial charge in [-0.3, -0.25) is 0 Å². The Hall–Kier alpha value is -5.86. The van der Waals surface area contributed by atoms with E-state index in [2.05, 4.69) is 157 Å². The van der Waals surface area contributed by atoms with Gasteiger partial charge in [0.15, 0.2) is 5.58 Å². The van der Waals surface area contributed by atoms with Crippen LogP contribution in [0, 0.1) is 0 Å². The average molecular weight is 574 g/mol. The second kappa shape index (κ2) is 9.07. The molecule has 0 fully saturated rings. The number of rotatable bonds is 3. The summed E-state index contributed by atoms with van der Waals surface area (Å²) in [6.07, 6.45) is 0. The highest BCUT2D eigenvalue weighted by atomic mass is 16.3. The van der Waals surface area contributed by atoms with Gasteiger partial charge in [-0.25, -0.2) is 0 Å². The fourth-order valence-corrected chi connectivity index (χ4v) is 8.16. The van der Waals surface area contributed by atoms with Crippen molar-refractivity contribution in [1.82, 2.24) is 0 Å². The smallest absolute Gasteiger partial charge is 0.158 e. The van der Waals surface area contributed by atoms with Gasteiger partial charge in [0, 0.05) is 27.6 Å². The molecule has 1 N–H and O–H groups in total. The molecule has 1 aromatic heterocycles. The third-order valence-electron chi connectivity index (χ3n) is 9.90. The zero-order valence-corrected chi connectivity index (χ0v) is 24.4. The molecule has 2 nitrogen and oxygen atoms in total. The van der Waals surface area contributed by atoms with Crippen LogP contribution in [-0.2, 0) is 5.41 Å². The van der Waals surface area contributed by atoms with E-state index < -0.39 is 0 Å². The van der Waals surface area contributed by atoms with Gasteiger partial charge in [-0.1, -0.05) is 146 Å². The van der Waals surface area contributed by atoms with E-state index in [0.29, 0.717) is 0 Å². The van der Waals surface area contributed by atoms with E-state index in [1.54, 1.807) is 0 Å². The van der Waals surface area contributed by atoms with Crippen molar-refractivity contribution >= 4 is 33.3 Å². The summed E-state index contributed by atoms with van der Waals surface area (Å²) in [7, 11) is 0. The molecule has 7 aromatic carbocycles. The Morgan fingerprint density at radius 3 is 1.62 bits per heavy atom. The van der Waals surface area contributed by atoms with Gasteiger partial charge in [0.1, 0.15) is 5.58 Å². The summed E-state index contributed by atoms with van der Waals surface area (Å²) >= 11 is 0. The van der Waals surface area contributed by atoms with Crippen molar-refractivity contribution in [3.63, 3.8) is 0 Å². The van der Waals surface area contributed by atoms with E-state index in [1.807, 2.05) is 6.07 Å². The van der Waals surface area contributed by atoms with Gasteiger partial charge in [0.2, 0.25) is 0 Å². The van der Waals surface area contributed by atoms with Gasteiger partial charge in [-0.05, 0) is 56.6 Å². The lowest BCUT2D eigenvalue weighted by atomic mass is 9.70. The molecule has 210 valence electrons. The lowest BCUT2D eigenvalue weighted by Gasteiger charge is -2.30. The summed E-state index contributed by atoms with van der Waals surface area (Å²) in [5, 5.41) is 6.10. The minimum Gasteiger partial charge on any atom is -0.453 e. The van der Waals surface area contributed by atoms with Crippen LogP contribution in [0.1, 0.15) is 22.3 Å². The monoisotopic (exact) mass is 573 g/mol. The van der Waals surface area contributed by atoms with E-state index in [4.69, 9.17) is 4.42 Å². The predicted molar refractivity (Wildman–Crippen MR) is 185 cm³/mol. The second-order valence-electron chi connectivity index (χ2n) is 12.1. The van der Waals surface area contributed by atoms with Crippen molar-refractivity contribution < 1.29 is 4.42 Å². The van der Waals surface area contributed by atoms with Crippen LogP contribution in [0.15, 0.2) is 162 Å². The third-order valence-corrected chi connectivity index (χ3v) is 9.90. The van der Waals surface area contributed by atoms with E-state index in [0.717, 1.165) is 44.4 Å². The minimum absolute atomic E-state index is 0.368. The summed E-state index contributed by atoms with van der Waals surface area (Å²) in [6.45, 7) is 0. The number of hydrogen-bond donors (Lipinski definition) is 1. The van der Waals surface area contributed by atoms with Crippen LogP contribution in [0.25, 0.3) is 55.3 Å². The van der Waals surface area contributed by atoms with E-state index >= 15 is 0 Å². The van der Waals surface area contributed by atoms with Crippen LogP contribution in [-0.4, -0.2) is 0 Å². The number of para-hydroxylation sites is 2. The maximum atomic E-state index is 6.75. The quantitative estimate of drug-likeness (QED) is 0.227. The molecule has 0 unspecified atom stereocenters. The molecule has 1 heterocycles. The molecule has 10 rings (SSSR count). The molecular weight excluding hydrogens is 546 g/mol. The molecule has 0 radical (unpaired) electrons. The predicted octanol–water partition coefficient (Wildman–Crippen LogP) is 11.3. The van der Waals surface area contributed by atoms with Crippen molar-refractivity contribution in [3.8, 4) is 33.4 Å². The third kappa shape index (κ3) is 3.18. The Balaban J connectivity index is 1.20. The van der Waals surface area contributed by atoms with Gasteiger partial charge in [0.25, 0.3) is 0 Å². The molecule has 0 saturated carbocycles. The fourth-order valence-electron chi connectivity index (χ4n) is 8.16. The minimum atomic E-state index is -0.368. The molecule has 0 bridgehead atoms. The van der Waals surface area contributed by atoms with Gasteiger partial charge < -0.3 is 9.73 Å². The van der Waals surface area contributed by atoms with Crippen molar-refractivity contribution in [1.29, 1.82) is 0 Å². The number of furan rings is 1. The highest BCUT2D eigenvalue weighted by Gasteiger charge is 2.51. The van der Waals surface area contributed by atoms with E-state index in [1.165, 1.54) is 44.5 Å². The zero-order chi connectivity index (χ0) is 29.5. The van der Waals surface area contributed by atoms with E-state index in [-0.39, 0.29) is 5.41 Å².